The molecule has 0 unspecified atom stereocenters. The second-order valence-electron chi connectivity index (χ2n) is 8.43. The highest BCUT2D eigenvalue weighted by molar-refractivity contribution is 7.98. The molecule has 1 atom stereocenters. The van der Waals surface area contributed by atoms with E-state index < -0.39 is 0 Å². The number of rotatable bonds is 6. The fraction of sp³-hybridized carbons (Fsp3) is 0.333. The van der Waals surface area contributed by atoms with Gasteiger partial charge in [-0.25, -0.2) is 0 Å². The quantitative estimate of drug-likeness (QED) is 0.466. The van der Waals surface area contributed by atoms with Gasteiger partial charge < -0.3 is 9.64 Å². The molecule has 0 amide bonds. The minimum Gasteiger partial charge on any atom is -0.497 e. The largest absolute Gasteiger partial charge is 0.497 e. The molecule has 0 bridgehead atoms. The molecular weight excluding hydrogens is 400 g/mol. The molecule has 2 heterocycles. The molecule has 160 valence electrons. The molecule has 1 fully saturated rings. The predicted molar refractivity (Wildman–Crippen MR) is 131 cm³/mol. The summed E-state index contributed by atoms with van der Waals surface area (Å²) >= 11 is 1.96. The SMILES string of the molecule is COc1ccc(CCN2CCC[C@H]2CN2c3ccccc3CSc3ccccc32)cc1. The van der Waals surface area contributed by atoms with Gasteiger partial charge in [-0.15, -0.1) is 11.8 Å². The lowest BCUT2D eigenvalue weighted by Crippen LogP contribution is -2.39. The van der Waals surface area contributed by atoms with Crippen LogP contribution >= 0.6 is 11.8 Å². The number of fused-ring (bicyclic) bond motifs is 2. The number of anilines is 2. The van der Waals surface area contributed by atoms with E-state index in [9.17, 15) is 0 Å². The van der Waals surface area contributed by atoms with Gasteiger partial charge in [0, 0.05) is 35.5 Å². The van der Waals surface area contributed by atoms with Crippen LogP contribution in [0.25, 0.3) is 0 Å². The van der Waals surface area contributed by atoms with Gasteiger partial charge in [-0.1, -0.05) is 42.5 Å². The van der Waals surface area contributed by atoms with Gasteiger partial charge in [-0.2, -0.15) is 0 Å². The van der Waals surface area contributed by atoms with Crippen molar-refractivity contribution >= 4 is 23.1 Å². The minimum atomic E-state index is 0.586. The number of para-hydroxylation sites is 2. The maximum atomic E-state index is 5.30. The van der Waals surface area contributed by atoms with Crippen molar-refractivity contribution in [1.82, 2.24) is 4.90 Å². The molecule has 3 aromatic carbocycles. The zero-order valence-electron chi connectivity index (χ0n) is 18.2. The number of hydrogen-bond donors (Lipinski definition) is 0. The maximum absolute atomic E-state index is 5.30. The standard InChI is InChI=1S/C27H30N2OS/c1-30-24-14-12-21(13-15-24)16-18-28-17-6-8-23(28)19-29-25-9-3-2-7-22(25)20-31-27-11-5-4-10-26(27)29/h2-5,7,9-15,23H,6,8,16-20H2,1H3/t23-/m0/s1. The monoisotopic (exact) mass is 430 g/mol. The summed E-state index contributed by atoms with van der Waals surface area (Å²) in [6, 6.07) is 27.0. The van der Waals surface area contributed by atoms with E-state index in [1.54, 1.807) is 7.11 Å². The molecule has 2 aliphatic heterocycles. The third kappa shape index (κ3) is 4.46. The van der Waals surface area contributed by atoms with E-state index in [0.29, 0.717) is 6.04 Å². The van der Waals surface area contributed by atoms with E-state index in [2.05, 4.69) is 82.6 Å². The highest BCUT2D eigenvalue weighted by Gasteiger charge is 2.29. The van der Waals surface area contributed by atoms with Crippen LogP contribution in [0.3, 0.4) is 0 Å². The maximum Gasteiger partial charge on any atom is 0.118 e. The van der Waals surface area contributed by atoms with E-state index in [1.165, 1.54) is 46.8 Å². The Labute approximate surface area is 190 Å². The van der Waals surface area contributed by atoms with Crippen LogP contribution in [0.15, 0.2) is 77.7 Å². The first kappa shape index (κ1) is 20.5. The van der Waals surface area contributed by atoms with Crippen molar-refractivity contribution in [2.75, 3.05) is 31.6 Å². The summed E-state index contributed by atoms with van der Waals surface area (Å²) in [6.45, 7) is 3.37. The van der Waals surface area contributed by atoms with Crippen molar-refractivity contribution in [2.24, 2.45) is 0 Å². The third-order valence-electron chi connectivity index (χ3n) is 6.56. The summed E-state index contributed by atoms with van der Waals surface area (Å²) in [6.07, 6.45) is 3.65. The van der Waals surface area contributed by atoms with E-state index in [0.717, 1.165) is 31.0 Å². The Morgan fingerprint density at radius 2 is 1.71 bits per heavy atom. The summed E-state index contributed by atoms with van der Waals surface area (Å²) in [5.41, 5.74) is 5.56. The van der Waals surface area contributed by atoms with Crippen LogP contribution in [0.1, 0.15) is 24.0 Å². The summed E-state index contributed by atoms with van der Waals surface area (Å²) in [7, 11) is 1.72. The van der Waals surface area contributed by atoms with Crippen molar-refractivity contribution in [3.05, 3.63) is 83.9 Å². The van der Waals surface area contributed by atoms with Gasteiger partial charge in [0.15, 0.2) is 0 Å². The van der Waals surface area contributed by atoms with Crippen LogP contribution in [0.4, 0.5) is 11.4 Å². The molecule has 5 rings (SSSR count). The zero-order chi connectivity index (χ0) is 21.0. The van der Waals surface area contributed by atoms with E-state index >= 15 is 0 Å². The van der Waals surface area contributed by atoms with Crippen LogP contribution in [-0.2, 0) is 12.2 Å². The molecule has 0 spiro atoms. The van der Waals surface area contributed by atoms with Crippen molar-refractivity contribution in [2.45, 2.75) is 36.0 Å². The number of nitrogens with zero attached hydrogens (tertiary/aromatic N) is 2. The zero-order valence-corrected chi connectivity index (χ0v) is 19.0. The molecular formula is C27H30N2OS. The molecule has 0 saturated carbocycles. The third-order valence-corrected chi connectivity index (χ3v) is 7.67. The van der Waals surface area contributed by atoms with Gasteiger partial charge in [-0.3, -0.25) is 4.90 Å². The molecule has 0 aliphatic carbocycles. The molecule has 4 heteroatoms. The highest BCUT2D eigenvalue weighted by atomic mass is 32.2. The second kappa shape index (κ2) is 9.37. The Morgan fingerprint density at radius 1 is 0.935 bits per heavy atom. The van der Waals surface area contributed by atoms with Crippen LogP contribution in [-0.4, -0.2) is 37.7 Å². The first-order valence-corrected chi connectivity index (χ1v) is 12.2. The second-order valence-corrected chi connectivity index (χ2v) is 9.44. The fourth-order valence-corrected chi connectivity index (χ4v) is 5.91. The molecule has 0 aromatic heterocycles. The van der Waals surface area contributed by atoms with Crippen LogP contribution in [0.2, 0.25) is 0 Å². The Hall–Kier alpha value is -2.43. The number of benzene rings is 3. The highest BCUT2D eigenvalue weighted by Crippen LogP contribution is 2.43. The molecule has 0 radical (unpaired) electrons. The van der Waals surface area contributed by atoms with Crippen molar-refractivity contribution in [3.8, 4) is 5.75 Å². The van der Waals surface area contributed by atoms with Gasteiger partial charge in [0.25, 0.3) is 0 Å². The van der Waals surface area contributed by atoms with Crippen LogP contribution < -0.4 is 9.64 Å². The lowest BCUT2D eigenvalue weighted by molar-refractivity contribution is 0.261. The number of hydrogen-bond acceptors (Lipinski definition) is 4. The summed E-state index contributed by atoms with van der Waals surface area (Å²) < 4.78 is 5.30. The van der Waals surface area contributed by atoms with Crippen molar-refractivity contribution in [1.29, 1.82) is 0 Å². The van der Waals surface area contributed by atoms with Gasteiger partial charge in [0.1, 0.15) is 5.75 Å². The minimum absolute atomic E-state index is 0.586. The van der Waals surface area contributed by atoms with E-state index in [4.69, 9.17) is 4.74 Å². The van der Waals surface area contributed by atoms with E-state index in [-0.39, 0.29) is 0 Å². The average Bonchev–Trinajstić information content (AvgIpc) is 3.21. The molecule has 31 heavy (non-hydrogen) atoms. The molecule has 2 aliphatic rings. The Bertz CT molecular complexity index is 972. The molecule has 3 nitrogen and oxygen atoms in total. The first-order valence-electron chi connectivity index (χ1n) is 11.3. The van der Waals surface area contributed by atoms with Gasteiger partial charge >= 0.3 is 0 Å². The van der Waals surface area contributed by atoms with Crippen LogP contribution in [0, 0.1) is 0 Å². The number of ether oxygens (including phenoxy) is 1. The Kier molecular flexibility index (Phi) is 6.19. The van der Waals surface area contributed by atoms with Gasteiger partial charge in [0.2, 0.25) is 0 Å². The van der Waals surface area contributed by atoms with Gasteiger partial charge in [-0.05, 0) is 67.3 Å². The first-order chi connectivity index (χ1) is 15.3. The van der Waals surface area contributed by atoms with Crippen molar-refractivity contribution in [3.63, 3.8) is 0 Å². The van der Waals surface area contributed by atoms with Gasteiger partial charge in [0.05, 0.1) is 12.8 Å². The summed E-state index contributed by atoms with van der Waals surface area (Å²) in [4.78, 5) is 6.68. The van der Waals surface area contributed by atoms with E-state index in [1.807, 2.05) is 11.8 Å². The summed E-state index contributed by atoms with van der Waals surface area (Å²) in [5.74, 6) is 1.97. The lowest BCUT2D eigenvalue weighted by Gasteiger charge is -2.33. The van der Waals surface area contributed by atoms with Crippen molar-refractivity contribution < 1.29 is 4.74 Å². The summed E-state index contributed by atoms with van der Waals surface area (Å²) in [5, 5.41) is 0. The smallest absolute Gasteiger partial charge is 0.118 e. The molecule has 3 aromatic rings. The lowest BCUT2D eigenvalue weighted by atomic mass is 10.1. The number of methoxy groups -OCH3 is 1. The predicted octanol–water partition coefficient (Wildman–Crippen LogP) is 6.15. The van der Waals surface area contributed by atoms with Crippen LogP contribution in [0.5, 0.6) is 5.75 Å². The molecule has 0 N–H and O–H groups in total. The molecule has 1 saturated heterocycles. The number of likely N-dealkylation sites (tertiary alicyclic amines) is 1. The number of thioether (sulfide) groups is 1. The Morgan fingerprint density at radius 3 is 2.55 bits per heavy atom. The Balaban J connectivity index is 1.34. The normalized spacial score (nSPS) is 18.4. The fourth-order valence-electron chi connectivity index (χ4n) is 4.85. The average molecular weight is 431 g/mol. The topological polar surface area (TPSA) is 15.7 Å².